The average molecular weight is 218 g/mol. The molecule has 0 saturated heterocycles. The predicted molar refractivity (Wildman–Crippen MR) is 58.1 cm³/mol. The Morgan fingerprint density at radius 2 is 1.93 bits per heavy atom. The van der Waals surface area contributed by atoms with Crippen molar-refractivity contribution >= 4 is 6.09 Å². The van der Waals surface area contributed by atoms with E-state index < -0.39 is 11.7 Å². The van der Waals surface area contributed by atoms with Gasteiger partial charge >= 0.3 is 6.09 Å². The molecule has 0 fully saturated rings. The summed E-state index contributed by atoms with van der Waals surface area (Å²) in [4.78, 5) is 16.0. The Balaban J connectivity index is 3.89. The molecule has 0 aliphatic heterocycles. The van der Waals surface area contributed by atoms with E-state index in [1.54, 1.807) is 0 Å². The number of carbonyl (C=O) groups is 1. The minimum absolute atomic E-state index is 0.197. The van der Waals surface area contributed by atoms with Gasteiger partial charge in [0.05, 0.1) is 6.10 Å². The lowest BCUT2D eigenvalue weighted by molar-refractivity contribution is 0.0147. The molecule has 0 saturated carbocycles. The minimum atomic E-state index is -0.485. The van der Waals surface area contributed by atoms with Gasteiger partial charge in [-0.05, 0) is 26.7 Å². The second-order valence-corrected chi connectivity index (χ2v) is 4.80. The number of ether oxygens (including phenoxy) is 1. The number of amides is 1. The second kappa shape index (κ2) is 5.92. The van der Waals surface area contributed by atoms with E-state index in [1.165, 1.54) is 0 Å². The first-order valence-electron chi connectivity index (χ1n) is 5.08. The van der Waals surface area contributed by atoms with Gasteiger partial charge in [0, 0.05) is 6.54 Å². The second-order valence-electron chi connectivity index (χ2n) is 4.80. The van der Waals surface area contributed by atoms with Crippen LogP contribution in [0.2, 0.25) is 0 Å². The molecule has 1 atom stereocenters. The smallest absolute Gasteiger partial charge is 0.407 e. The van der Waals surface area contributed by atoms with Crippen LogP contribution >= 0.6 is 0 Å². The molecule has 0 heterocycles. The number of alkyl carbamates (subject to hydrolysis) is 1. The van der Waals surface area contributed by atoms with Crippen LogP contribution in [-0.4, -0.2) is 24.3 Å². The number of rotatable bonds is 4. The Bertz CT molecular complexity index is 199. The summed E-state index contributed by atoms with van der Waals surface area (Å²) in [6, 6.07) is 0. The highest BCUT2D eigenvalue weighted by atomic mass is 16.6. The van der Waals surface area contributed by atoms with Gasteiger partial charge in [0.1, 0.15) is 5.60 Å². The monoisotopic (exact) mass is 218 g/mol. The quantitative estimate of drug-likeness (QED) is 0.700. The van der Waals surface area contributed by atoms with E-state index in [9.17, 15) is 4.79 Å². The van der Waals surface area contributed by atoms with Crippen LogP contribution in [0.3, 0.4) is 0 Å². The molecule has 1 unspecified atom stereocenters. The predicted octanol–water partition coefficient (Wildman–Crippen LogP) is 1.43. The van der Waals surface area contributed by atoms with Gasteiger partial charge in [-0.15, -0.1) is 0 Å². The van der Waals surface area contributed by atoms with E-state index >= 15 is 0 Å². The van der Waals surface area contributed by atoms with E-state index in [-0.39, 0.29) is 12.0 Å². The van der Waals surface area contributed by atoms with Crippen molar-refractivity contribution in [1.29, 1.82) is 0 Å². The molecule has 0 bridgehead atoms. The SMILES string of the molecule is CC(C)C(CNC(=O)OC(C)(C)C)ON. The van der Waals surface area contributed by atoms with Crippen molar-refractivity contribution in [3.05, 3.63) is 0 Å². The maximum atomic E-state index is 11.3. The van der Waals surface area contributed by atoms with E-state index in [2.05, 4.69) is 5.32 Å². The summed E-state index contributed by atoms with van der Waals surface area (Å²) < 4.78 is 5.07. The molecule has 0 rings (SSSR count). The van der Waals surface area contributed by atoms with Crippen LogP contribution in [0, 0.1) is 5.92 Å². The van der Waals surface area contributed by atoms with E-state index in [4.69, 9.17) is 15.5 Å². The van der Waals surface area contributed by atoms with Crippen LogP contribution in [0.25, 0.3) is 0 Å². The van der Waals surface area contributed by atoms with Crippen LogP contribution in [-0.2, 0) is 9.57 Å². The van der Waals surface area contributed by atoms with Gasteiger partial charge < -0.3 is 10.1 Å². The Kier molecular flexibility index (Phi) is 5.60. The first-order chi connectivity index (χ1) is 6.76. The van der Waals surface area contributed by atoms with Crippen molar-refractivity contribution in [2.45, 2.75) is 46.3 Å². The fourth-order valence-corrected chi connectivity index (χ4v) is 0.939. The lowest BCUT2D eigenvalue weighted by atomic mass is 10.1. The maximum Gasteiger partial charge on any atom is 0.407 e. The van der Waals surface area contributed by atoms with Crippen molar-refractivity contribution in [1.82, 2.24) is 5.32 Å². The molecule has 0 radical (unpaired) electrons. The molecule has 0 aromatic rings. The van der Waals surface area contributed by atoms with Crippen molar-refractivity contribution in [2.75, 3.05) is 6.54 Å². The van der Waals surface area contributed by atoms with Gasteiger partial charge in [0.2, 0.25) is 0 Å². The summed E-state index contributed by atoms with van der Waals surface area (Å²) in [5, 5.41) is 2.61. The fraction of sp³-hybridized carbons (Fsp3) is 0.900. The zero-order valence-corrected chi connectivity index (χ0v) is 10.2. The van der Waals surface area contributed by atoms with E-state index in [0.717, 1.165) is 0 Å². The van der Waals surface area contributed by atoms with Gasteiger partial charge in [0.25, 0.3) is 0 Å². The maximum absolute atomic E-state index is 11.3. The molecule has 0 aliphatic carbocycles. The molecule has 15 heavy (non-hydrogen) atoms. The number of hydrogen-bond acceptors (Lipinski definition) is 4. The molecule has 0 aromatic carbocycles. The van der Waals surface area contributed by atoms with Crippen molar-refractivity contribution in [3.63, 3.8) is 0 Å². The molecule has 5 nitrogen and oxygen atoms in total. The van der Waals surface area contributed by atoms with E-state index in [1.807, 2.05) is 34.6 Å². The minimum Gasteiger partial charge on any atom is -0.444 e. The summed E-state index contributed by atoms with van der Waals surface area (Å²) in [7, 11) is 0. The highest BCUT2D eigenvalue weighted by molar-refractivity contribution is 5.67. The van der Waals surface area contributed by atoms with Crippen molar-refractivity contribution < 1.29 is 14.4 Å². The summed E-state index contributed by atoms with van der Waals surface area (Å²) in [6.07, 6.45) is -0.650. The van der Waals surface area contributed by atoms with Crippen LogP contribution in [0.5, 0.6) is 0 Å². The first kappa shape index (κ1) is 14.2. The molecular formula is C10H22N2O3. The Labute approximate surface area is 91.3 Å². The lowest BCUT2D eigenvalue weighted by Gasteiger charge is -2.22. The van der Waals surface area contributed by atoms with Crippen LogP contribution in [0.15, 0.2) is 0 Å². The van der Waals surface area contributed by atoms with Gasteiger partial charge in [-0.25, -0.2) is 10.7 Å². The number of carbonyl (C=O) groups excluding carboxylic acids is 1. The van der Waals surface area contributed by atoms with Crippen molar-refractivity contribution in [2.24, 2.45) is 11.8 Å². The normalized spacial score (nSPS) is 13.8. The van der Waals surface area contributed by atoms with Crippen LogP contribution in [0.4, 0.5) is 4.79 Å². The highest BCUT2D eigenvalue weighted by Crippen LogP contribution is 2.07. The third-order valence-electron chi connectivity index (χ3n) is 1.76. The first-order valence-corrected chi connectivity index (χ1v) is 5.08. The van der Waals surface area contributed by atoms with Gasteiger partial charge in [-0.1, -0.05) is 13.8 Å². The molecular weight excluding hydrogens is 196 g/mol. The van der Waals surface area contributed by atoms with Crippen LogP contribution in [0.1, 0.15) is 34.6 Å². The summed E-state index contributed by atoms with van der Waals surface area (Å²) in [6.45, 7) is 9.72. The Morgan fingerprint density at radius 1 is 1.40 bits per heavy atom. The number of nitrogens with two attached hydrogens (primary N) is 1. The van der Waals surface area contributed by atoms with E-state index in [0.29, 0.717) is 6.54 Å². The van der Waals surface area contributed by atoms with Crippen LogP contribution < -0.4 is 11.2 Å². The zero-order valence-electron chi connectivity index (χ0n) is 10.2. The van der Waals surface area contributed by atoms with Gasteiger partial charge in [-0.2, -0.15) is 0 Å². The zero-order chi connectivity index (χ0) is 12.1. The number of hydrogen-bond donors (Lipinski definition) is 2. The molecule has 0 spiro atoms. The molecule has 5 heteroatoms. The van der Waals surface area contributed by atoms with Gasteiger partial charge in [-0.3, -0.25) is 4.84 Å². The third-order valence-corrected chi connectivity index (χ3v) is 1.76. The Morgan fingerprint density at radius 3 is 2.27 bits per heavy atom. The molecule has 90 valence electrons. The van der Waals surface area contributed by atoms with Gasteiger partial charge in [0.15, 0.2) is 0 Å². The summed E-state index contributed by atoms with van der Waals surface area (Å²) in [5.41, 5.74) is -0.485. The average Bonchev–Trinajstić information content (AvgIpc) is 2.01. The lowest BCUT2D eigenvalue weighted by Crippen LogP contribution is -2.40. The molecule has 3 N–H and O–H groups in total. The Hall–Kier alpha value is -0.810. The number of nitrogens with one attached hydrogen (secondary N) is 1. The molecule has 0 aliphatic rings. The fourth-order valence-electron chi connectivity index (χ4n) is 0.939. The molecule has 1 amide bonds. The summed E-state index contributed by atoms with van der Waals surface area (Å²) >= 11 is 0. The standard InChI is InChI=1S/C10H22N2O3/c1-7(2)8(15-11)6-12-9(13)14-10(3,4)5/h7-8H,6,11H2,1-5H3,(H,12,13). The largest absolute Gasteiger partial charge is 0.444 e. The third kappa shape index (κ3) is 7.16. The highest BCUT2D eigenvalue weighted by Gasteiger charge is 2.18. The molecule has 0 aromatic heterocycles. The topological polar surface area (TPSA) is 73.6 Å². The summed E-state index contributed by atoms with van der Waals surface area (Å²) in [5.74, 6) is 5.34. The van der Waals surface area contributed by atoms with Crippen molar-refractivity contribution in [3.8, 4) is 0 Å².